The fourth-order valence-corrected chi connectivity index (χ4v) is 2.40. The first kappa shape index (κ1) is 15.5. The van der Waals surface area contributed by atoms with E-state index in [0.717, 1.165) is 12.0 Å². The molecule has 1 atom stereocenters. The van der Waals surface area contributed by atoms with Gasteiger partial charge in [-0.2, -0.15) is 0 Å². The van der Waals surface area contributed by atoms with E-state index in [1.807, 2.05) is 0 Å². The fourth-order valence-electron chi connectivity index (χ4n) is 1.93. The molecule has 18 heavy (non-hydrogen) atoms. The smallest absolute Gasteiger partial charge is 0.141 e. The Morgan fingerprint density at radius 3 is 2.50 bits per heavy atom. The Labute approximate surface area is 118 Å². The second kappa shape index (κ2) is 7.13. The van der Waals surface area contributed by atoms with Crippen molar-refractivity contribution in [3.8, 4) is 0 Å². The van der Waals surface area contributed by atoms with Gasteiger partial charge in [0.15, 0.2) is 0 Å². The normalized spacial score (nSPS) is 12.8. The van der Waals surface area contributed by atoms with Crippen LogP contribution >= 0.6 is 23.2 Å². The maximum atomic E-state index is 12.1. The van der Waals surface area contributed by atoms with E-state index in [-0.39, 0.29) is 11.7 Å². The van der Waals surface area contributed by atoms with E-state index in [1.165, 1.54) is 0 Å². The summed E-state index contributed by atoms with van der Waals surface area (Å²) < 4.78 is 0. The van der Waals surface area contributed by atoms with E-state index in [4.69, 9.17) is 28.9 Å². The van der Waals surface area contributed by atoms with Gasteiger partial charge in [0, 0.05) is 28.9 Å². The van der Waals surface area contributed by atoms with Gasteiger partial charge in [-0.1, -0.05) is 43.1 Å². The Bertz CT molecular complexity index is 418. The minimum atomic E-state index is -0.0863. The van der Waals surface area contributed by atoms with Gasteiger partial charge in [-0.25, -0.2) is 0 Å². The molecule has 4 heteroatoms. The molecule has 0 bridgehead atoms. The average molecular weight is 288 g/mol. The molecule has 0 fully saturated rings. The molecule has 0 radical (unpaired) electrons. The third-order valence-electron chi connectivity index (χ3n) is 2.88. The lowest BCUT2D eigenvalue weighted by molar-refractivity contribution is -0.122. The fraction of sp³-hybridized carbons (Fsp3) is 0.500. The molecule has 1 aromatic rings. The van der Waals surface area contributed by atoms with Gasteiger partial charge in [0.2, 0.25) is 0 Å². The SMILES string of the molecule is CC(C)CC(CN)C(=O)Cc1ccc(Cl)cc1Cl. The highest BCUT2D eigenvalue weighted by Crippen LogP contribution is 2.23. The summed E-state index contributed by atoms with van der Waals surface area (Å²) in [7, 11) is 0. The number of carbonyl (C=O) groups excluding carboxylic acids is 1. The monoisotopic (exact) mass is 287 g/mol. The molecule has 0 amide bonds. The van der Waals surface area contributed by atoms with Crippen molar-refractivity contribution in [1.82, 2.24) is 0 Å². The average Bonchev–Trinajstić information content (AvgIpc) is 2.29. The number of hydrogen-bond donors (Lipinski definition) is 1. The third-order valence-corrected chi connectivity index (χ3v) is 3.46. The molecular weight excluding hydrogens is 269 g/mol. The number of ketones is 1. The minimum Gasteiger partial charge on any atom is -0.330 e. The molecule has 0 saturated carbocycles. The minimum absolute atomic E-state index is 0.0863. The topological polar surface area (TPSA) is 43.1 Å². The highest BCUT2D eigenvalue weighted by Gasteiger charge is 2.19. The molecule has 0 spiro atoms. The van der Waals surface area contributed by atoms with Crippen molar-refractivity contribution in [2.24, 2.45) is 17.6 Å². The van der Waals surface area contributed by atoms with Crippen LogP contribution in [0.25, 0.3) is 0 Å². The van der Waals surface area contributed by atoms with Crippen molar-refractivity contribution in [3.63, 3.8) is 0 Å². The van der Waals surface area contributed by atoms with Gasteiger partial charge in [-0.3, -0.25) is 4.79 Å². The van der Waals surface area contributed by atoms with Crippen LogP contribution in [0, 0.1) is 11.8 Å². The Kier molecular flexibility index (Phi) is 6.13. The van der Waals surface area contributed by atoms with Crippen molar-refractivity contribution in [1.29, 1.82) is 0 Å². The van der Waals surface area contributed by atoms with Gasteiger partial charge in [-0.05, 0) is 30.0 Å². The summed E-state index contributed by atoms with van der Waals surface area (Å²) in [6.45, 7) is 4.57. The van der Waals surface area contributed by atoms with Gasteiger partial charge < -0.3 is 5.73 Å². The van der Waals surface area contributed by atoms with Gasteiger partial charge >= 0.3 is 0 Å². The summed E-state index contributed by atoms with van der Waals surface area (Å²) in [5.41, 5.74) is 6.48. The first-order valence-electron chi connectivity index (χ1n) is 6.10. The highest BCUT2D eigenvalue weighted by atomic mass is 35.5. The van der Waals surface area contributed by atoms with Crippen molar-refractivity contribution in [2.45, 2.75) is 26.7 Å². The first-order valence-corrected chi connectivity index (χ1v) is 6.86. The molecule has 0 aliphatic heterocycles. The van der Waals surface area contributed by atoms with E-state index in [9.17, 15) is 4.79 Å². The predicted octanol–water partition coefficient (Wildman–Crippen LogP) is 3.73. The number of benzene rings is 1. The number of carbonyl (C=O) groups is 1. The molecule has 1 rings (SSSR count). The molecule has 1 aromatic carbocycles. The van der Waals surface area contributed by atoms with Crippen LogP contribution in [0.2, 0.25) is 10.0 Å². The zero-order valence-electron chi connectivity index (χ0n) is 10.7. The summed E-state index contributed by atoms with van der Waals surface area (Å²) in [6, 6.07) is 5.20. The number of hydrogen-bond acceptors (Lipinski definition) is 2. The third kappa shape index (κ3) is 4.60. The molecule has 100 valence electrons. The summed E-state index contributed by atoms with van der Waals surface area (Å²) in [4.78, 5) is 12.1. The Morgan fingerprint density at radius 2 is 2.00 bits per heavy atom. The predicted molar refractivity (Wildman–Crippen MR) is 77.2 cm³/mol. The van der Waals surface area contributed by atoms with Crippen LogP contribution in [0.15, 0.2) is 18.2 Å². The summed E-state index contributed by atoms with van der Waals surface area (Å²) in [6.07, 6.45) is 1.14. The van der Waals surface area contributed by atoms with Crippen LogP contribution in [0.3, 0.4) is 0 Å². The Morgan fingerprint density at radius 1 is 1.33 bits per heavy atom. The molecule has 1 unspecified atom stereocenters. The largest absolute Gasteiger partial charge is 0.330 e. The zero-order chi connectivity index (χ0) is 13.7. The Hall–Kier alpha value is -0.570. The second-order valence-corrected chi connectivity index (χ2v) is 5.78. The quantitative estimate of drug-likeness (QED) is 0.866. The van der Waals surface area contributed by atoms with E-state index in [0.29, 0.717) is 28.9 Å². The van der Waals surface area contributed by atoms with Gasteiger partial charge in [0.25, 0.3) is 0 Å². The Balaban J connectivity index is 2.73. The molecule has 0 saturated heterocycles. The molecule has 0 aliphatic carbocycles. The van der Waals surface area contributed by atoms with Crippen molar-refractivity contribution < 1.29 is 4.79 Å². The summed E-state index contributed by atoms with van der Waals surface area (Å²) in [5.74, 6) is 0.523. The summed E-state index contributed by atoms with van der Waals surface area (Å²) >= 11 is 11.9. The molecule has 0 aromatic heterocycles. The van der Waals surface area contributed by atoms with Gasteiger partial charge in [0.05, 0.1) is 0 Å². The maximum absolute atomic E-state index is 12.1. The highest BCUT2D eigenvalue weighted by molar-refractivity contribution is 6.35. The van der Waals surface area contributed by atoms with Crippen molar-refractivity contribution >= 4 is 29.0 Å². The lowest BCUT2D eigenvalue weighted by atomic mass is 9.90. The second-order valence-electron chi connectivity index (χ2n) is 4.94. The van der Waals surface area contributed by atoms with E-state index < -0.39 is 0 Å². The van der Waals surface area contributed by atoms with Crippen LogP contribution in [0.1, 0.15) is 25.8 Å². The zero-order valence-corrected chi connectivity index (χ0v) is 12.3. The number of rotatable bonds is 6. The number of halogens is 2. The van der Waals surface area contributed by atoms with Crippen LogP contribution in [-0.2, 0) is 11.2 Å². The molecule has 2 nitrogen and oxygen atoms in total. The van der Waals surface area contributed by atoms with Crippen molar-refractivity contribution in [2.75, 3.05) is 6.54 Å². The molecule has 0 aliphatic rings. The van der Waals surface area contributed by atoms with E-state index >= 15 is 0 Å². The molecular formula is C14H19Cl2NO. The van der Waals surface area contributed by atoms with E-state index in [2.05, 4.69) is 13.8 Å². The van der Waals surface area contributed by atoms with Crippen LogP contribution in [0.4, 0.5) is 0 Å². The lowest BCUT2D eigenvalue weighted by Gasteiger charge is -2.16. The lowest BCUT2D eigenvalue weighted by Crippen LogP contribution is -2.26. The standard InChI is InChI=1S/C14H19Cl2NO/c1-9(2)5-11(8-17)14(18)6-10-3-4-12(15)7-13(10)16/h3-4,7,9,11H,5-6,8,17H2,1-2H3. The molecule has 0 heterocycles. The van der Waals surface area contributed by atoms with Crippen LogP contribution in [-0.4, -0.2) is 12.3 Å². The maximum Gasteiger partial charge on any atom is 0.141 e. The van der Waals surface area contributed by atoms with Gasteiger partial charge in [0.1, 0.15) is 5.78 Å². The van der Waals surface area contributed by atoms with Gasteiger partial charge in [-0.15, -0.1) is 0 Å². The number of nitrogens with two attached hydrogens (primary N) is 1. The van der Waals surface area contributed by atoms with Crippen LogP contribution < -0.4 is 5.73 Å². The van der Waals surface area contributed by atoms with Crippen molar-refractivity contribution in [3.05, 3.63) is 33.8 Å². The number of Topliss-reactive ketones (excluding diaryl/α,β-unsaturated/α-hetero) is 1. The van der Waals surface area contributed by atoms with E-state index in [1.54, 1.807) is 18.2 Å². The summed E-state index contributed by atoms with van der Waals surface area (Å²) in [5, 5.41) is 1.12. The first-order chi connectivity index (χ1) is 8.43. The molecule has 2 N–H and O–H groups in total. The van der Waals surface area contributed by atoms with Crippen LogP contribution in [0.5, 0.6) is 0 Å².